The van der Waals surface area contributed by atoms with Crippen molar-refractivity contribution in [2.75, 3.05) is 0 Å². The predicted octanol–water partition coefficient (Wildman–Crippen LogP) is 3.43. The van der Waals surface area contributed by atoms with Gasteiger partial charge in [0.05, 0.1) is 10.5 Å². The Labute approximate surface area is 112 Å². The Kier molecular flexibility index (Phi) is 2.64. The Hall–Kier alpha value is -2.14. The smallest absolute Gasteiger partial charge is 0.177 e. The maximum Gasteiger partial charge on any atom is 0.177 e. The van der Waals surface area contributed by atoms with E-state index in [2.05, 4.69) is 15.0 Å². The van der Waals surface area contributed by atoms with Crippen LogP contribution in [0.15, 0.2) is 24.4 Å². The van der Waals surface area contributed by atoms with E-state index in [1.165, 1.54) is 12.3 Å². The lowest BCUT2D eigenvalue weighted by Crippen LogP contribution is -1.87. The number of benzene rings is 1. The first-order valence-electron chi connectivity index (χ1n) is 5.55. The van der Waals surface area contributed by atoms with E-state index in [0.717, 1.165) is 17.4 Å². The van der Waals surface area contributed by atoms with Gasteiger partial charge in [-0.25, -0.2) is 14.4 Å². The van der Waals surface area contributed by atoms with Gasteiger partial charge in [-0.05, 0) is 19.1 Å². The second-order valence-electron chi connectivity index (χ2n) is 4.20. The largest absolute Gasteiger partial charge is 0.506 e. The molecule has 0 aliphatic heterocycles. The van der Waals surface area contributed by atoms with Gasteiger partial charge >= 0.3 is 0 Å². The molecule has 2 aromatic heterocycles. The van der Waals surface area contributed by atoms with Crippen molar-refractivity contribution in [3.05, 3.63) is 41.1 Å². The first-order chi connectivity index (χ1) is 9.04. The molecule has 0 spiro atoms. The number of nitrogens with one attached hydrogen (secondary N) is 1. The van der Waals surface area contributed by atoms with Crippen molar-refractivity contribution in [3.8, 4) is 16.9 Å². The number of nitrogens with zero attached hydrogens (tertiary/aromatic N) is 2. The van der Waals surface area contributed by atoms with Crippen molar-refractivity contribution in [2.24, 2.45) is 0 Å². The van der Waals surface area contributed by atoms with Crippen molar-refractivity contribution < 1.29 is 9.50 Å². The van der Waals surface area contributed by atoms with Gasteiger partial charge in [-0.15, -0.1) is 0 Å². The molecule has 0 bridgehead atoms. The lowest BCUT2D eigenvalue weighted by molar-refractivity contribution is 0.469. The molecule has 6 heteroatoms. The average Bonchev–Trinajstić information content (AvgIpc) is 2.72. The monoisotopic (exact) mass is 277 g/mol. The fourth-order valence-corrected chi connectivity index (χ4v) is 2.09. The quantitative estimate of drug-likeness (QED) is 0.716. The molecular weight excluding hydrogens is 269 g/mol. The Morgan fingerprint density at radius 1 is 1.32 bits per heavy atom. The predicted molar refractivity (Wildman–Crippen MR) is 70.7 cm³/mol. The van der Waals surface area contributed by atoms with Gasteiger partial charge in [-0.1, -0.05) is 11.6 Å². The molecule has 0 fully saturated rings. The standard InChI is InChI=1S/C13H9ClFN3O/c1-6-17-11-2-7(5-16-13(11)18-6)8-3-9(14)12(19)4-10(8)15/h2-5,19H,1H3,(H,16,17,18). The molecule has 0 amide bonds. The van der Waals surface area contributed by atoms with E-state index in [4.69, 9.17) is 11.6 Å². The van der Waals surface area contributed by atoms with Gasteiger partial charge in [-0.2, -0.15) is 0 Å². The topological polar surface area (TPSA) is 61.8 Å². The fourth-order valence-electron chi connectivity index (χ4n) is 1.93. The number of hydrogen-bond donors (Lipinski definition) is 2. The number of fused-ring (bicyclic) bond motifs is 1. The van der Waals surface area contributed by atoms with E-state index >= 15 is 0 Å². The molecule has 0 radical (unpaired) electrons. The number of hydrogen-bond acceptors (Lipinski definition) is 3. The summed E-state index contributed by atoms with van der Waals surface area (Å²) >= 11 is 5.80. The third kappa shape index (κ3) is 2.02. The van der Waals surface area contributed by atoms with Gasteiger partial charge in [0.2, 0.25) is 0 Å². The molecule has 0 atom stereocenters. The van der Waals surface area contributed by atoms with Crippen molar-refractivity contribution in [1.29, 1.82) is 0 Å². The maximum atomic E-state index is 13.8. The Morgan fingerprint density at radius 2 is 2.11 bits per heavy atom. The van der Waals surface area contributed by atoms with Crippen LogP contribution < -0.4 is 0 Å². The van der Waals surface area contributed by atoms with Gasteiger partial charge < -0.3 is 10.1 Å². The van der Waals surface area contributed by atoms with Crippen LogP contribution in [0.1, 0.15) is 5.82 Å². The van der Waals surface area contributed by atoms with Gasteiger partial charge in [0.25, 0.3) is 0 Å². The molecule has 3 rings (SSSR count). The molecule has 2 N–H and O–H groups in total. The second kappa shape index (κ2) is 4.20. The molecule has 19 heavy (non-hydrogen) atoms. The summed E-state index contributed by atoms with van der Waals surface area (Å²) in [6.45, 7) is 1.82. The molecule has 0 unspecified atom stereocenters. The Bertz CT molecular complexity index is 785. The highest BCUT2D eigenvalue weighted by atomic mass is 35.5. The van der Waals surface area contributed by atoms with Crippen molar-refractivity contribution in [1.82, 2.24) is 15.0 Å². The van der Waals surface area contributed by atoms with Gasteiger partial charge in [-0.3, -0.25) is 0 Å². The van der Waals surface area contributed by atoms with E-state index in [1.807, 2.05) is 6.92 Å². The van der Waals surface area contributed by atoms with Crippen LogP contribution >= 0.6 is 11.6 Å². The Balaban J connectivity index is 2.21. The summed E-state index contributed by atoms with van der Waals surface area (Å²) in [4.78, 5) is 11.4. The zero-order valence-corrected chi connectivity index (χ0v) is 10.7. The Morgan fingerprint density at radius 3 is 2.89 bits per heavy atom. The highest BCUT2D eigenvalue weighted by Crippen LogP contribution is 2.32. The fraction of sp³-hybridized carbons (Fsp3) is 0.0769. The summed E-state index contributed by atoms with van der Waals surface area (Å²) in [6, 6.07) is 4.10. The summed E-state index contributed by atoms with van der Waals surface area (Å²) in [5.41, 5.74) is 2.14. The van der Waals surface area contributed by atoms with E-state index in [0.29, 0.717) is 11.2 Å². The lowest BCUT2D eigenvalue weighted by atomic mass is 10.1. The zero-order chi connectivity index (χ0) is 13.6. The van der Waals surface area contributed by atoms with Crippen LogP contribution in [-0.2, 0) is 0 Å². The highest BCUT2D eigenvalue weighted by Gasteiger charge is 2.11. The molecule has 2 heterocycles. The van der Waals surface area contributed by atoms with Crippen molar-refractivity contribution in [3.63, 3.8) is 0 Å². The van der Waals surface area contributed by atoms with Gasteiger partial charge in [0.1, 0.15) is 17.4 Å². The van der Waals surface area contributed by atoms with E-state index in [9.17, 15) is 9.50 Å². The number of aryl methyl sites for hydroxylation is 1. The number of rotatable bonds is 1. The molecule has 1 aromatic carbocycles. The minimum absolute atomic E-state index is 0.0947. The number of aromatic nitrogens is 3. The number of aromatic amines is 1. The van der Waals surface area contributed by atoms with Crippen LogP contribution in [0.3, 0.4) is 0 Å². The van der Waals surface area contributed by atoms with E-state index in [-0.39, 0.29) is 16.3 Å². The minimum atomic E-state index is -0.556. The third-order valence-corrected chi connectivity index (χ3v) is 3.11. The summed E-state index contributed by atoms with van der Waals surface area (Å²) < 4.78 is 13.8. The van der Waals surface area contributed by atoms with Crippen LogP contribution in [0.4, 0.5) is 4.39 Å². The first-order valence-corrected chi connectivity index (χ1v) is 5.93. The summed E-state index contributed by atoms with van der Waals surface area (Å²) in [5, 5.41) is 9.44. The normalized spacial score (nSPS) is 11.1. The molecule has 96 valence electrons. The van der Waals surface area contributed by atoms with E-state index < -0.39 is 5.82 Å². The van der Waals surface area contributed by atoms with Crippen LogP contribution in [-0.4, -0.2) is 20.1 Å². The molecule has 0 saturated carbocycles. The van der Waals surface area contributed by atoms with Crippen LogP contribution in [0, 0.1) is 12.7 Å². The average molecular weight is 278 g/mol. The number of phenols is 1. The molecule has 0 saturated heterocycles. The molecule has 4 nitrogen and oxygen atoms in total. The SMILES string of the molecule is Cc1nc2ncc(-c3cc(Cl)c(O)cc3F)cc2[nH]1. The van der Waals surface area contributed by atoms with Crippen molar-refractivity contribution in [2.45, 2.75) is 6.92 Å². The molecule has 0 aliphatic rings. The number of aromatic hydroxyl groups is 1. The molecular formula is C13H9ClFN3O. The number of imidazole rings is 1. The van der Waals surface area contributed by atoms with Crippen LogP contribution in [0.2, 0.25) is 5.02 Å². The number of halogens is 2. The summed E-state index contributed by atoms with van der Waals surface area (Å²) in [6.07, 6.45) is 1.52. The lowest BCUT2D eigenvalue weighted by Gasteiger charge is -2.05. The number of phenolic OH excluding ortho intramolecular Hbond substituents is 1. The minimum Gasteiger partial charge on any atom is -0.506 e. The second-order valence-corrected chi connectivity index (χ2v) is 4.61. The maximum absolute atomic E-state index is 13.8. The summed E-state index contributed by atoms with van der Waals surface area (Å²) in [5.74, 6) is -0.0995. The van der Waals surface area contributed by atoms with Gasteiger partial charge in [0.15, 0.2) is 5.65 Å². The number of H-pyrrole nitrogens is 1. The van der Waals surface area contributed by atoms with Crippen LogP contribution in [0.5, 0.6) is 5.75 Å². The number of pyridine rings is 1. The first kappa shape index (κ1) is 11.9. The summed E-state index contributed by atoms with van der Waals surface area (Å²) in [7, 11) is 0. The highest BCUT2D eigenvalue weighted by molar-refractivity contribution is 6.32. The zero-order valence-electron chi connectivity index (χ0n) is 9.91. The third-order valence-electron chi connectivity index (χ3n) is 2.80. The molecule has 0 aliphatic carbocycles. The van der Waals surface area contributed by atoms with Crippen LogP contribution in [0.25, 0.3) is 22.3 Å². The molecule has 3 aromatic rings. The van der Waals surface area contributed by atoms with Crippen molar-refractivity contribution >= 4 is 22.8 Å². The van der Waals surface area contributed by atoms with E-state index in [1.54, 1.807) is 6.07 Å². The van der Waals surface area contributed by atoms with Gasteiger partial charge in [0, 0.05) is 23.4 Å².